The van der Waals surface area contributed by atoms with E-state index in [1.165, 1.54) is 11.1 Å². The fourth-order valence-corrected chi connectivity index (χ4v) is 6.35. The number of rotatable bonds is 7. The monoisotopic (exact) mass is 549 g/mol. The molecule has 8 nitrogen and oxygen atoms in total. The van der Waals surface area contributed by atoms with Crippen LogP contribution in [0.5, 0.6) is 5.75 Å². The molecule has 41 heavy (non-hydrogen) atoms. The number of primary amides is 1. The summed E-state index contributed by atoms with van der Waals surface area (Å²) in [5.74, 6) is 0.928. The van der Waals surface area contributed by atoms with Gasteiger partial charge in [0.05, 0.1) is 24.0 Å². The number of benzene rings is 3. The van der Waals surface area contributed by atoms with Crippen LogP contribution in [0.1, 0.15) is 60.1 Å². The van der Waals surface area contributed by atoms with Crippen molar-refractivity contribution in [2.75, 3.05) is 25.7 Å². The highest BCUT2D eigenvalue weighted by Gasteiger charge is 2.62. The molecule has 3 heterocycles. The van der Waals surface area contributed by atoms with Crippen LogP contribution in [-0.2, 0) is 21.8 Å². The smallest absolute Gasteiger partial charge is 0.223 e. The van der Waals surface area contributed by atoms with Gasteiger partial charge in [-0.25, -0.2) is 0 Å². The van der Waals surface area contributed by atoms with Crippen LogP contribution in [0.2, 0.25) is 0 Å². The summed E-state index contributed by atoms with van der Waals surface area (Å²) in [6.45, 7) is 4.65. The molecule has 3 aliphatic rings. The number of amides is 1. The lowest BCUT2D eigenvalue weighted by molar-refractivity contribution is -0.129. The molecule has 7 rings (SSSR count). The molecule has 4 aromatic rings. The minimum absolute atomic E-state index is 0.182. The summed E-state index contributed by atoms with van der Waals surface area (Å²) in [6.07, 6.45) is 6.72. The van der Waals surface area contributed by atoms with E-state index in [2.05, 4.69) is 81.3 Å². The Bertz CT molecular complexity index is 1650. The van der Waals surface area contributed by atoms with Crippen LogP contribution in [0.25, 0.3) is 23.1 Å². The topological polar surface area (TPSA) is 106 Å². The van der Waals surface area contributed by atoms with Crippen molar-refractivity contribution in [1.29, 1.82) is 0 Å². The first kappa shape index (κ1) is 25.8. The number of aromatic amines is 1. The third-order valence-corrected chi connectivity index (χ3v) is 9.33. The lowest BCUT2D eigenvalue weighted by atomic mass is 9.80. The molecule has 8 heteroatoms. The van der Waals surface area contributed by atoms with Crippen molar-refractivity contribution in [3.8, 4) is 5.75 Å². The molecular formula is C33H35N5O3. The van der Waals surface area contributed by atoms with Gasteiger partial charge in [0.1, 0.15) is 11.4 Å². The average molecular weight is 550 g/mol. The quantitative estimate of drug-likeness (QED) is 0.278. The molecule has 3 aromatic carbocycles. The van der Waals surface area contributed by atoms with Crippen molar-refractivity contribution in [1.82, 2.24) is 15.1 Å². The fourth-order valence-electron chi connectivity index (χ4n) is 6.35. The predicted octanol–water partition coefficient (Wildman–Crippen LogP) is 5.57. The number of likely N-dealkylation sites (tertiary alicyclic amines) is 1. The second kappa shape index (κ2) is 9.75. The number of methoxy groups -OCH3 is 1. The summed E-state index contributed by atoms with van der Waals surface area (Å²) in [5.41, 5.74) is 15.7. The van der Waals surface area contributed by atoms with Gasteiger partial charge in [0.2, 0.25) is 5.91 Å². The normalized spacial score (nSPS) is 23.1. The number of anilines is 1. The lowest BCUT2D eigenvalue weighted by Gasteiger charge is -2.37. The molecule has 0 radical (unpaired) electrons. The highest BCUT2D eigenvalue weighted by molar-refractivity contribution is 5.90. The Balaban J connectivity index is 1.01. The molecule has 2 atom stereocenters. The molecule has 1 aliphatic carbocycles. The molecule has 1 aromatic heterocycles. The van der Waals surface area contributed by atoms with Gasteiger partial charge < -0.3 is 10.5 Å². The number of piperidine rings is 1. The highest BCUT2D eigenvalue weighted by atomic mass is 16.7. The lowest BCUT2D eigenvalue weighted by Crippen LogP contribution is -2.45. The summed E-state index contributed by atoms with van der Waals surface area (Å²) in [4.78, 5) is 20.2. The molecule has 210 valence electrons. The van der Waals surface area contributed by atoms with E-state index in [0.29, 0.717) is 0 Å². The minimum atomic E-state index is -0.369. The number of fused-ring (bicyclic) bond motifs is 3. The highest BCUT2D eigenvalue weighted by Crippen LogP contribution is 2.65. The van der Waals surface area contributed by atoms with E-state index < -0.39 is 0 Å². The van der Waals surface area contributed by atoms with E-state index in [0.717, 1.165) is 78.1 Å². The zero-order valence-corrected chi connectivity index (χ0v) is 23.4. The van der Waals surface area contributed by atoms with E-state index in [1.807, 2.05) is 19.1 Å². The standard InChI is InChI=1S/C33H35N5O3/c1-32(31(34)39)13-15-38(16-14-32)20-22-5-3-21(4-6-22)7-11-28-25-10-8-23(17-30(25)36-35-28)27-19-33(27)26-18-24(40-2)9-12-29(26)37-41-33/h3-12,17-18,27,37H,13-16,19-20H2,1-2H3,(H2,34,39)(H,35,36)/b11-7+/t27-,33-/m0/s1. The first-order valence-corrected chi connectivity index (χ1v) is 14.3. The maximum absolute atomic E-state index is 11.7. The molecule has 1 saturated carbocycles. The summed E-state index contributed by atoms with van der Waals surface area (Å²) in [5, 5.41) is 8.90. The first-order valence-electron chi connectivity index (χ1n) is 14.3. The van der Waals surface area contributed by atoms with Crippen LogP contribution in [0.15, 0.2) is 60.7 Å². The van der Waals surface area contributed by atoms with Gasteiger partial charge in [-0.2, -0.15) is 5.10 Å². The molecule has 1 saturated heterocycles. The molecule has 1 amide bonds. The summed E-state index contributed by atoms with van der Waals surface area (Å²) < 4.78 is 5.45. The number of nitrogens with one attached hydrogen (secondary N) is 2. The number of hydrogen-bond acceptors (Lipinski definition) is 6. The second-order valence-electron chi connectivity index (χ2n) is 12.0. The van der Waals surface area contributed by atoms with Crippen molar-refractivity contribution < 1.29 is 14.4 Å². The van der Waals surface area contributed by atoms with Crippen LogP contribution in [0.3, 0.4) is 0 Å². The van der Waals surface area contributed by atoms with Crippen LogP contribution in [0, 0.1) is 5.41 Å². The van der Waals surface area contributed by atoms with Gasteiger partial charge >= 0.3 is 0 Å². The zero-order valence-electron chi connectivity index (χ0n) is 23.4. The third kappa shape index (κ3) is 4.57. The van der Waals surface area contributed by atoms with Gasteiger partial charge in [-0.15, -0.1) is 0 Å². The Kier molecular flexibility index (Phi) is 6.14. The van der Waals surface area contributed by atoms with Gasteiger partial charge in [-0.3, -0.25) is 25.1 Å². The molecule has 0 bridgehead atoms. The number of H-pyrrole nitrogens is 1. The number of carbonyl (C=O) groups is 1. The maximum Gasteiger partial charge on any atom is 0.223 e. The minimum Gasteiger partial charge on any atom is -0.497 e. The van der Waals surface area contributed by atoms with Crippen LogP contribution in [-0.4, -0.2) is 41.2 Å². The van der Waals surface area contributed by atoms with Crippen LogP contribution in [0.4, 0.5) is 5.69 Å². The third-order valence-electron chi connectivity index (χ3n) is 9.33. The molecular weight excluding hydrogens is 514 g/mol. The predicted molar refractivity (Wildman–Crippen MR) is 160 cm³/mol. The van der Waals surface area contributed by atoms with Crippen LogP contribution < -0.4 is 16.0 Å². The largest absolute Gasteiger partial charge is 0.497 e. The number of nitrogens with zero attached hydrogens (tertiary/aromatic N) is 2. The molecule has 0 unspecified atom stereocenters. The number of hydrogen-bond donors (Lipinski definition) is 3. The van der Waals surface area contributed by atoms with E-state index in [4.69, 9.17) is 15.3 Å². The summed E-state index contributed by atoms with van der Waals surface area (Å²) in [7, 11) is 1.69. The van der Waals surface area contributed by atoms with E-state index in [-0.39, 0.29) is 22.8 Å². The molecule has 2 aliphatic heterocycles. The number of aromatic nitrogens is 2. The second-order valence-corrected chi connectivity index (χ2v) is 12.0. The van der Waals surface area contributed by atoms with Gasteiger partial charge in [-0.1, -0.05) is 49.4 Å². The number of nitrogens with two attached hydrogens (primary N) is 1. The van der Waals surface area contributed by atoms with E-state index >= 15 is 0 Å². The van der Waals surface area contributed by atoms with Crippen molar-refractivity contribution in [3.63, 3.8) is 0 Å². The molecule has 1 spiro atoms. The van der Waals surface area contributed by atoms with Crippen molar-refractivity contribution in [3.05, 3.63) is 88.6 Å². The fraction of sp³-hybridized carbons (Fsp3) is 0.333. The van der Waals surface area contributed by atoms with Crippen molar-refractivity contribution in [2.45, 2.75) is 44.2 Å². The maximum atomic E-state index is 11.7. The van der Waals surface area contributed by atoms with E-state index in [9.17, 15) is 4.79 Å². The molecule has 4 N–H and O–H groups in total. The Hall–Kier alpha value is -4.14. The summed E-state index contributed by atoms with van der Waals surface area (Å²) >= 11 is 0. The molecule has 2 fully saturated rings. The average Bonchev–Trinajstić information content (AvgIpc) is 3.42. The van der Waals surface area contributed by atoms with E-state index in [1.54, 1.807) is 7.11 Å². The Morgan fingerprint density at radius 1 is 1.12 bits per heavy atom. The zero-order chi connectivity index (χ0) is 28.2. The van der Waals surface area contributed by atoms with Gasteiger partial charge in [0.15, 0.2) is 0 Å². The number of ether oxygens (including phenoxy) is 1. The Labute approximate surface area is 239 Å². The first-order chi connectivity index (χ1) is 19.9. The van der Waals surface area contributed by atoms with Gasteiger partial charge in [0.25, 0.3) is 0 Å². The SMILES string of the molecule is COc1ccc2c(c1)[C@]1(C[C@H]1c1ccc3c(/C=C/c4ccc(CN5CCC(C)(C(N)=O)CC5)cc4)n[nH]c3c1)ON2. The Morgan fingerprint density at radius 3 is 2.68 bits per heavy atom. The number of carbonyl (C=O) groups excluding carboxylic acids is 1. The van der Waals surface area contributed by atoms with Crippen molar-refractivity contribution >= 4 is 34.6 Å². The summed E-state index contributed by atoms with van der Waals surface area (Å²) in [6, 6.07) is 21.2. The van der Waals surface area contributed by atoms with Gasteiger partial charge in [-0.05, 0) is 79.4 Å². The van der Waals surface area contributed by atoms with Crippen LogP contribution >= 0.6 is 0 Å². The van der Waals surface area contributed by atoms with Crippen molar-refractivity contribution in [2.24, 2.45) is 11.1 Å². The van der Waals surface area contributed by atoms with Gasteiger partial charge in [0, 0.05) is 28.8 Å². The Morgan fingerprint density at radius 2 is 1.93 bits per heavy atom.